The lowest BCUT2D eigenvalue weighted by Crippen LogP contribution is -2.54. The SMILES string of the molecule is O=C1NC(=S)N(c2cccc(F)c2)C(=O)C1=Cc1ccc([N+](=O)[O-])o1. The first-order valence-electron chi connectivity index (χ1n) is 6.78. The van der Waals surface area contributed by atoms with Gasteiger partial charge in [0.15, 0.2) is 5.11 Å². The van der Waals surface area contributed by atoms with Crippen molar-refractivity contribution in [2.75, 3.05) is 4.90 Å². The topological polar surface area (TPSA) is 106 Å². The number of nitro groups is 1. The van der Waals surface area contributed by atoms with Crippen LogP contribution in [0.3, 0.4) is 0 Å². The number of nitrogens with one attached hydrogen (secondary N) is 1. The van der Waals surface area contributed by atoms with E-state index in [0.29, 0.717) is 0 Å². The second kappa shape index (κ2) is 6.24. The van der Waals surface area contributed by atoms with Gasteiger partial charge in [-0.15, -0.1) is 0 Å². The van der Waals surface area contributed by atoms with Crippen LogP contribution >= 0.6 is 12.2 Å². The Bertz CT molecular complexity index is 952. The number of hydrogen-bond donors (Lipinski definition) is 1. The summed E-state index contributed by atoms with van der Waals surface area (Å²) in [5.74, 6) is -2.78. The van der Waals surface area contributed by atoms with Crippen LogP contribution in [0.1, 0.15) is 5.76 Å². The van der Waals surface area contributed by atoms with Crippen LogP contribution in [0.5, 0.6) is 0 Å². The lowest BCUT2D eigenvalue weighted by atomic mass is 10.1. The highest BCUT2D eigenvalue weighted by Crippen LogP contribution is 2.24. The number of halogens is 1. The third kappa shape index (κ3) is 3.15. The van der Waals surface area contributed by atoms with Gasteiger partial charge >= 0.3 is 5.88 Å². The highest BCUT2D eigenvalue weighted by molar-refractivity contribution is 7.80. The maximum atomic E-state index is 13.4. The van der Waals surface area contributed by atoms with Gasteiger partial charge in [-0.25, -0.2) is 4.39 Å². The summed E-state index contributed by atoms with van der Waals surface area (Å²) in [5, 5.41) is 12.7. The molecule has 0 aliphatic carbocycles. The largest absolute Gasteiger partial charge is 0.433 e. The Morgan fingerprint density at radius 1 is 1.28 bits per heavy atom. The Morgan fingerprint density at radius 3 is 2.68 bits per heavy atom. The van der Waals surface area contributed by atoms with Gasteiger partial charge < -0.3 is 4.42 Å². The van der Waals surface area contributed by atoms with Gasteiger partial charge in [-0.2, -0.15) is 0 Å². The summed E-state index contributed by atoms with van der Waals surface area (Å²) < 4.78 is 18.3. The minimum Gasteiger partial charge on any atom is -0.401 e. The van der Waals surface area contributed by atoms with E-state index in [1.54, 1.807) is 0 Å². The molecule has 2 amide bonds. The molecule has 25 heavy (non-hydrogen) atoms. The maximum Gasteiger partial charge on any atom is 0.433 e. The van der Waals surface area contributed by atoms with Crippen LogP contribution < -0.4 is 10.2 Å². The highest BCUT2D eigenvalue weighted by atomic mass is 32.1. The van der Waals surface area contributed by atoms with E-state index >= 15 is 0 Å². The Balaban J connectivity index is 2.00. The van der Waals surface area contributed by atoms with Crippen molar-refractivity contribution < 1.29 is 23.3 Å². The smallest absolute Gasteiger partial charge is 0.401 e. The van der Waals surface area contributed by atoms with Crippen molar-refractivity contribution in [2.45, 2.75) is 0 Å². The fraction of sp³-hybridized carbons (Fsp3) is 0. The molecule has 1 aliphatic heterocycles. The Labute approximate surface area is 144 Å². The highest BCUT2D eigenvalue weighted by Gasteiger charge is 2.35. The molecule has 0 saturated carbocycles. The van der Waals surface area contributed by atoms with Crippen LogP contribution in [-0.4, -0.2) is 21.9 Å². The lowest BCUT2D eigenvalue weighted by Gasteiger charge is -2.28. The molecule has 126 valence electrons. The second-order valence-corrected chi connectivity index (χ2v) is 5.26. The van der Waals surface area contributed by atoms with Gasteiger partial charge in [0.2, 0.25) is 0 Å². The number of amides is 2. The third-order valence-corrected chi connectivity index (χ3v) is 3.53. The van der Waals surface area contributed by atoms with Crippen LogP contribution in [0.25, 0.3) is 6.08 Å². The maximum absolute atomic E-state index is 13.4. The third-order valence-electron chi connectivity index (χ3n) is 3.25. The fourth-order valence-electron chi connectivity index (χ4n) is 2.17. The van der Waals surface area contributed by atoms with Crippen LogP contribution in [0.15, 0.2) is 46.4 Å². The van der Waals surface area contributed by atoms with Crippen LogP contribution in [-0.2, 0) is 9.59 Å². The van der Waals surface area contributed by atoms with E-state index in [1.807, 2.05) is 0 Å². The monoisotopic (exact) mass is 361 g/mol. The number of furan rings is 1. The molecule has 0 spiro atoms. The van der Waals surface area contributed by atoms with Crippen molar-refractivity contribution in [3.8, 4) is 0 Å². The molecule has 3 rings (SSSR count). The predicted octanol–water partition coefficient (Wildman–Crippen LogP) is 2.16. The number of benzene rings is 1. The molecule has 0 bridgehead atoms. The zero-order valence-electron chi connectivity index (χ0n) is 12.3. The average Bonchev–Trinajstić information content (AvgIpc) is 3.00. The normalized spacial score (nSPS) is 16.3. The summed E-state index contributed by atoms with van der Waals surface area (Å²) in [6, 6.07) is 7.43. The number of hydrogen-bond acceptors (Lipinski definition) is 6. The number of carbonyl (C=O) groups excluding carboxylic acids is 2. The second-order valence-electron chi connectivity index (χ2n) is 4.87. The van der Waals surface area contributed by atoms with Crippen molar-refractivity contribution in [3.63, 3.8) is 0 Å². The van der Waals surface area contributed by atoms with Gasteiger partial charge in [0, 0.05) is 0 Å². The summed E-state index contributed by atoms with van der Waals surface area (Å²) in [6.45, 7) is 0. The molecule has 1 aromatic heterocycles. The molecule has 1 fully saturated rings. The van der Waals surface area contributed by atoms with Gasteiger partial charge in [-0.1, -0.05) is 6.07 Å². The number of rotatable bonds is 3. The number of anilines is 1. The molecule has 0 radical (unpaired) electrons. The van der Waals surface area contributed by atoms with Crippen molar-refractivity contribution >= 4 is 46.8 Å². The van der Waals surface area contributed by atoms with E-state index in [0.717, 1.165) is 23.1 Å². The average molecular weight is 361 g/mol. The molecular formula is C15H8FN3O5S. The van der Waals surface area contributed by atoms with E-state index in [2.05, 4.69) is 5.32 Å². The molecule has 0 atom stereocenters. The molecule has 10 heteroatoms. The fourth-order valence-corrected chi connectivity index (χ4v) is 2.45. The standard InChI is InChI=1S/C15H8FN3O5S/c16-8-2-1-3-9(6-8)18-14(21)11(13(20)17-15(18)25)7-10-4-5-12(24-10)19(22)23/h1-7H,(H,17,20,25). The van der Waals surface area contributed by atoms with Gasteiger partial charge in [-0.05, 0) is 42.6 Å². The minimum atomic E-state index is -0.807. The molecular weight excluding hydrogens is 353 g/mol. The van der Waals surface area contributed by atoms with E-state index in [-0.39, 0.29) is 22.1 Å². The van der Waals surface area contributed by atoms with Gasteiger partial charge in [0.25, 0.3) is 11.8 Å². The van der Waals surface area contributed by atoms with Gasteiger partial charge in [0.05, 0.1) is 11.8 Å². The molecule has 1 aliphatic rings. The molecule has 8 nitrogen and oxygen atoms in total. The first-order valence-corrected chi connectivity index (χ1v) is 7.19. The Kier molecular flexibility index (Phi) is 4.11. The number of nitrogens with zero attached hydrogens (tertiary/aromatic N) is 2. The van der Waals surface area contributed by atoms with E-state index in [9.17, 15) is 24.1 Å². The van der Waals surface area contributed by atoms with E-state index < -0.39 is 28.4 Å². The minimum absolute atomic E-state index is 0.0581. The quantitative estimate of drug-likeness (QED) is 0.295. The Hall–Kier alpha value is -3.40. The first-order chi connectivity index (χ1) is 11.9. The van der Waals surface area contributed by atoms with Crippen molar-refractivity contribution in [3.05, 3.63) is 63.7 Å². The zero-order chi connectivity index (χ0) is 18.1. The first kappa shape index (κ1) is 16.5. The molecule has 1 aromatic carbocycles. The van der Waals surface area contributed by atoms with Crippen LogP contribution in [0.4, 0.5) is 16.0 Å². The molecule has 2 aromatic rings. The van der Waals surface area contributed by atoms with E-state index in [1.165, 1.54) is 24.3 Å². The van der Waals surface area contributed by atoms with Crippen LogP contribution in [0, 0.1) is 15.9 Å². The van der Waals surface area contributed by atoms with Crippen molar-refractivity contribution in [2.24, 2.45) is 0 Å². The summed E-state index contributed by atoms with van der Waals surface area (Å²) in [6.07, 6.45) is 1.05. The zero-order valence-corrected chi connectivity index (χ0v) is 13.1. The van der Waals surface area contributed by atoms with Crippen molar-refractivity contribution in [1.82, 2.24) is 5.32 Å². The molecule has 2 heterocycles. The summed E-state index contributed by atoms with van der Waals surface area (Å²) >= 11 is 4.97. The Morgan fingerprint density at radius 2 is 2.04 bits per heavy atom. The van der Waals surface area contributed by atoms with E-state index in [4.69, 9.17) is 16.6 Å². The molecule has 0 unspecified atom stereocenters. The number of thiocarbonyl (C=S) groups is 1. The lowest BCUT2D eigenvalue weighted by molar-refractivity contribution is -0.402. The predicted molar refractivity (Wildman–Crippen MR) is 88.0 cm³/mol. The summed E-state index contributed by atoms with van der Waals surface area (Å²) in [7, 11) is 0. The molecule has 1 saturated heterocycles. The number of carbonyl (C=O) groups is 2. The van der Waals surface area contributed by atoms with Crippen molar-refractivity contribution in [1.29, 1.82) is 0 Å². The van der Waals surface area contributed by atoms with Gasteiger partial charge in [-0.3, -0.25) is 29.9 Å². The molecule has 1 N–H and O–H groups in total. The summed E-state index contributed by atoms with van der Waals surface area (Å²) in [5.41, 5.74) is -0.228. The summed E-state index contributed by atoms with van der Waals surface area (Å²) in [4.78, 5) is 35.5. The van der Waals surface area contributed by atoms with Crippen LogP contribution in [0.2, 0.25) is 0 Å². The van der Waals surface area contributed by atoms with Gasteiger partial charge in [0.1, 0.15) is 22.1 Å².